The van der Waals surface area contributed by atoms with Crippen LogP contribution < -0.4 is 16.2 Å². The zero-order valence-corrected chi connectivity index (χ0v) is 34.0. The molecule has 57 heavy (non-hydrogen) atoms. The summed E-state index contributed by atoms with van der Waals surface area (Å²) in [7, 11) is 0.861. The van der Waals surface area contributed by atoms with Crippen molar-refractivity contribution in [2.24, 2.45) is 0 Å². The monoisotopic (exact) mass is 750 g/mol. The van der Waals surface area contributed by atoms with Crippen LogP contribution in [0.25, 0.3) is 80.3 Å². The van der Waals surface area contributed by atoms with Gasteiger partial charge in [0, 0.05) is 69.9 Å². The van der Waals surface area contributed by atoms with Crippen LogP contribution in [0.4, 0.5) is 11.4 Å². The van der Waals surface area contributed by atoms with Gasteiger partial charge < -0.3 is 9.88 Å². The molecule has 10 aromatic rings. The van der Waals surface area contributed by atoms with Crippen LogP contribution in [0.5, 0.6) is 0 Å². The van der Waals surface area contributed by atoms with Crippen molar-refractivity contribution in [3.63, 3.8) is 0 Å². The molecule has 2 aromatic heterocycles. The second-order valence-electron chi connectivity index (χ2n) is 18.0. The molecule has 0 spiro atoms. The van der Waals surface area contributed by atoms with E-state index in [1.54, 1.807) is 0 Å². The summed E-state index contributed by atoms with van der Waals surface area (Å²) >= 11 is 1.90. The lowest BCUT2D eigenvalue weighted by atomic mass is 9.58. The van der Waals surface area contributed by atoms with Gasteiger partial charge in [0.15, 0.2) is 7.28 Å². The fourth-order valence-electron chi connectivity index (χ4n) is 10.7. The second kappa shape index (κ2) is 11.6. The first kappa shape index (κ1) is 33.3. The molecule has 0 amide bonds. The number of rotatable bonds is 3. The zero-order valence-electron chi connectivity index (χ0n) is 33.2. The highest BCUT2D eigenvalue weighted by molar-refractivity contribution is 7.26. The highest BCUT2D eigenvalue weighted by Crippen LogP contribution is 2.50. The van der Waals surface area contributed by atoms with Crippen LogP contribution in [0.15, 0.2) is 133 Å². The molecule has 1 aliphatic heterocycles. The summed E-state index contributed by atoms with van der Waals surface area (Å²) in [4.78, 5) is 0. The van der Waals surface area contributed by atoms with E-state index in [1.165, 1.54) is 126 Å². The summed E-state index contributed by atoms with van der Waals surface area (Å²) < 4.78 is 5.29. The second-order valence-corrected chi connectivity index (χ2v) is 19.1. The highest BCUT2D eigenvalue weighted by Gasteiger charge is 2.38. The molecule has 1 aliphatic carbocycles. The van der Waals surface area contributed by atoms with Gasteiger partial charge in [-0.3, -0.25) is 0 Å². The molecule has 0 saturated heterocycles. The maximum Gasteiger partial charge on any atom is 0.198 e. The molecule has 0 bridgehead atoms. The maximum atomic E-state index is 4.14. The molecule has 12 rings (SSSR count). The standard InChI is InChI=1S/C53H43BN2S/c1-30-27-39-40(53(4,5)26-25-52(39,2)3)29-43(30)55-42-23-24-45-47(37-17-10-11-20-44(37)57-45)46(42)38-28-32-14-7-9-16-34(32)51-48(38)54-41-19-12-18-35-36-22-21-31-13-6-8-15-33(31)49(36)56(51)50(35)41/h6-24,27-29,54-55H,25-26H2,1-5H3. The molecule has 0 atom stereocenters. The first-order valence-corrected chi connectivity index (χ1v) is 21.3. The summed E-state index contributed by atoms with van der Waals surface area (Å²) in [5, 5.41) is 14.6. The van der Waals surface area contributed by atoms with Gasteiger partial charge in [0.2, 0.25) is 0 Å². The number of thiophene rings is 1. The molecule has 274 valence electrons. The normalized spacial score (nSPS) is 15.4. The Bertz CT molecular complexity index is 3380. The fraction of sp³-hybridized carbons (Fsp3) is 0.170. The van der Waals surface area contributed by atoms with Crippen molar-refractivity contribution in [1.82, 2.24) is 4.57 Å². The van der Waals surface area contributed by atoms with E-state index in [0.717, 1.165) is 13.0 Å². The minimum Gasteiger partial charge on any atom is -0.355 e. The van der Waals surface area contributed by atoms with E-state index < -0.39 is 0 Å². The molecular weight excluding hydrogens is 707 g/mol. The third kappa shape index (κ3) is 4.65. The van der Waals surface area contributed by atoms with Gasteiger partial charge in [-0.2, -0.15) is 0 Å². The topological polar surface area (TPSA) is 17.0 Å². The average Bonchev–Trinajstić information content (AvgIpc) is 3.77. The van der Waals surface area contributed by atoms with E-state index in [0.29, 0.717) is 0 Å². The van der Waals surface area contributed by atoms with Gasteiger partial charge in [-0.25, -0.2) is 0 Å². The molecule has 0 radical (unpaired) electrons. The van der Waals surface area contributed by atoms with Gasteiger partial charge in [0.05, 0.1) is 5.52 Å². The van der Waals surface area contributed by atoms with Crippen LogP contribution in [0.3, 0.4) is 0 Å². The van der Waals surface area contributed by atoms with Crippen molar-refractivity contribution in [1.29, 1.82) is 0 Å². The molecular formula is C53H43BN2S. The Morgan fingerprint density at radius 3 is 2.09 bits per heavy atom. The van der Waals surface area contributed by atoms with Gasteiger partial charge in [0.1, 0.15) is 0 Å². The summed E-state index contributed by atoms with van der Waals surface area (Å²) in [6.45, 7) is 12.0. The van der Waals surface area contributed by atoms with Crippen LogP contribution in [-0.2, 0) is 10.8 Å². The highest BCUT2D eigenvalue weighted by atomic mass is 32.1. The molecule has 1 N–H and O–H groups in total. The quantitative estimate of drug-likeness (QED) is 0.178. The van der Waals surface area contributed by atoms with Crippen LogP contribution >= 0.6 is 11.3 Å². The molecule has 0 fully saturated rings. The molecule has 0 saturated carbocycles. The predicted octanol–water partition coefficient (Wildman–Crippen LogP) is 13.2. The van der Waals surface area contributed by atoms with E-state index in [2.05, 4.69) is 178 Å². The number of nitrogens with zero attached hydrogens (tertiary/aromatic N) is 1. The van der Waals surface area contributed by atoms with Crippen LogP contribution in [0, 0.1) is 6.92 Å². The third-order valence-electron chi connectivity index (χ3n) is 13.8. The number of para-hydroxylation sites is 1. The Kier molecular flexibility index (Phi) is 6.79. The summed E-state index contributed by atoms with van der Waals surface area (Å²) in [6, 6.07) is 50.8. The number of fused-ring (bicyclic) bond motifs is 13. The van der Waals surface area contributed by atoms with Gasteiger partial charge in [-0.15, -0.1) is 11.3 Å². The molecule has 2 nitrogen and oxygen atoms in total. The number of nitrogens with one attached hydrogen (secondary N) is 1. The lowest BCUT2D eigenvalue weighted by molar-refractivity contribution is 0.332. The predicted molar refractivity (Wildman–Crippen MR) is 250 cm³/mol. The minimum absolute atomic E-state index is 0.116. The summed E-state index contributed by atoms with van der Waals surface area (Å²) in [5.74, 6) is 0. The van der Waals surface area contributed by atoms with Crippen molar-refractivity contribution in [2.45, 2.75) is 58.3 Å². The minimum atomic E-state index is 0.116. The van der Waals surface area contributed by atoms with E-state index in [1.807, 2.05) is 11.3 Å². The van der Waals surface area contributed by atoms with Gasteiger partial charge in [-0.05, 0) is 99.4 Å². The largest absolute Gasteiger partial charge is 0.355 e. The van der Waals surface area contributed by atoms with Crippen molar-refractivity contribution >= 4 is 104 Å². The summed E-state index contributed by atoms with van der Waals surface area (Å²) in [5.41, 5.74) is 16.2. The first-order valence-electron chi connectivity index (χ1n) is 20.5. The van der Waals surface area contributed by atoms with E-state index in [-0.39, 0.29) is 10.8 Å². The number of anilines is 2. The fourth-order valence-corrected chi connectivity index (χ4v) is 11.8. The molecule has 3 heterocycles. The number of hydrogen-bond donors (Lipinski definition) is 1. The van der Waals surface area contributed by atoms with Crippen LogP contribution in [0.1, 0.15) is 57.2 Å². The van der Waals surface area contributed by atoms with Crippen molar-refractivity contribution in [2.75, 3.05) is 5.32 Å². The van der Waals surface area contributed by atoms with Crippen molar-refractivity contribution in [3.8, 4) is 16.8 Å². The Balaban J connectivity index is 1.20. The Morgan fingerprint density at radius 2 is 1.26 bits per heavy atom. The number of hydrogen-bond acceptors (Lipinski definition) is 2. The van der Waals surface area contributed by atoms with Crippen molar-refractivity contribution < 1.29 is 0 Å². The SMILES string of the molecule is Cc1cc2c(cc1Nc1ccc3sc4ccccc4c3c1-c1cc3ccccc3c3c1Bc1cccc4c5ccc6ccccc6c5n-3c14)C(C)(C)CCC2(C)C. The van der Waals surface area contributed by atoms with E-state index in [9.17, 15) is 0 Å². The lowest BCUT2D eigenvalue weighted by Crippen LogP contribution is -2.37. The first-order chi connectivity index (χ1) is 27.7. The average molecular weight is 751 g/mol. The zero-order chi connectivity index (χ0) is 38.4. The Labute approximate surface area is 338 Å². The third-order valence-corrected chi connectivity index (χ3v) is 14.9. The molecule has 0 unspecified atom stereocenters. The van der Waals surface area contributed by atoms with Gasteiger partial charge in [-0.1, -0.05) is 136 Å². The smallest absolute Gasteiger partial charge is 0.198 e. The lowest BCUT2D eigenvalue weighted by Gasteiger charge is -2.42. The van der Waals surface area contributed by atoms with Crippen LogP contribution in [-0.4, -0.2) is 11.8 Å². The van der Waals surface area contributed by atoms with Crippen LogP contribution in [0.2, 0.25) is 0 Å². The van der Waals surface area contributed by atoms with Crippen molar-refractivity contribution in [3.05, 3.63) is 150 Å². The number of aromatic nitrogens is 1. The molecule has 4 heteroatoms. The Hall–Kier alpha value is -5.84. The maximum absolute atomic E-state index is 4.14. The number of aryl methyl sites for hydroxylation is 1. The summed E-state index contributed by atoms with van der Waals surface area (Å²) in [6.07, 6.45) is 2.40. The number of benzene rings is 8. The van der Waals surface area contributed by atoms with Gasteiger partial charge in [0.25, 0.3) is 0 Å². The molecule has 8 aromatic carbocycles. The van der Waals surface area contributed by atoms with Gasteiger partial charge >= 0.3 is 0 Å². The molecule has 2 aliphatic rings. The van der Waals surface area contributed by atoms with E-state index in [4.69, 9.17) is 0 Å². The Morgan fingerprint density at radius 1 is 0.579 bits per heavy atom. The van der Waals surface area contributed by atoms with E-state index >= 15 is 0 Å².